The van der Waals surface area contributed by atoms with Crippen LogP contribution in [0.1, 0.15) is 66.2 Å². The molecule has 2 heteroatoms. The minimum Gasteiger partial charge on any atom is -0.391 e. The monoisotopic (exact) mass is 253 g/mol. The second kappa shape index (κ2) is 5.50. The van der Waals surface area contributed by atoms with E-state index in [1.54, 1.807) is 0 Å². The van der Waals surface area contributed by atoms with Gasteiger partial charge >= 0.3 is 0 Å². The van der Waals surface area contributed by atoms with Crippen molar-refractivity contribution in [2.24, 2.45) is 11.3 Å². The fourth-order valence-electron chi connectivity index (χ4n) is 3.37. The normalized spacial score (nSPS) is 32.2. The maximum atomic E-state index is 10.7. The SMILES string of the molecule is CC(C)CCN(C1CC1)C1CCCC(C)(C)C1O. The van der Waals surface area contributed by atoms with Gasteiger partial charge in [-0.1, -0.05) is 34.1 Å². The van der Waals surface area contributed by atoms with Crippen molar-refractivity contribution in [1.29, 1.82) is 0 Å². The van der Waals surface area contributed by atoms with Gasteiger partial charge in [0.05, 0.1) is 6.10 Å². The molecule has 0 aromatic rings. The van der Waals surface area contributed by atoms with E-state index in [1.807, 2.05) is 0 Å². The number of aliphatic hydroxyl groups is 1. The number of rotatable bonds is 5. The Morgan fingerprint density at radius 2 is 1.89 bits per heavy atom. The van der Waals surface area contributed by atoms with E-state index in [0.29, 0.717) is 6.04 Å². The predicted molar refractivity (Wildman–Crippen MR) is 76.6 cm³/mol. The molecule has 106 valence electrons. The zero-order chi connectivity index (χ0) is 13.3. The summed E-state index contributed by atoms with van der Waals surface area (Å²) in [6.07, 6.45) is 7.47. The summed E-state index contributed by atoms with van der Waals surface area (Å²) in [6.45, 7) is 10.2. The zero-order valence-corrected chi connectivity index (χ0v) is 12.7. The lowest BCUT2D eigenvalue weighted by Crippen LogP contribution is -2.53. The average Bonchev–Trinajstić information content (AvgIpc) is 3.08. The van der Waals surface area contributed by atoms with Gasteiger partial charge in [-0.15, -0.1) is 0 Å². The van der Waals surface area contributed by atoms with E-state index in [2.05, 4.69) is 32.6 Å². The fraction of sp³-hybridized carbons (Fsp3) is 1.00. The first-order valence-corrected chi connectivity index (χ1v) is 7.85. The summed E-state index contributed by atoms with van der Waals surface area (Å²) in [5.74, 6) is 0.764. The Morgan fingerprint density at radius 3 is 2.44 bits per heavy atom. The largest absolute Gasteiger partial charge is 0.391 e. The van der Waals surface area contributed by atoms with Gasteiger partial charge in [-0.2, -0.15) is 0 Å². The molecule has 2 rings (SSSR count). The molecular formula is C16H31NO. The highest BCUT2D eigenvalue weighted by atomic mass is 16.3. The van der Waals surface area contributed by atoms with Gasteiger partial charge in [0.15, 0.2) is 0 Å². The van der Waals surface area contributed by atoms with E-state index < -0.39 is 0 Å². The van der Waals surface area contributed by atoms with Gasteiger partial charge < -0.3 is 5.11 Å². The number of hydrogen-bond donors (Lipinski definition) is 1. The highest BCUT2D eigenvalue weighted by Crippen LogP contribution is 2.41. The van der Waals surface area contributed by atoms with Crippen LogP contribution in [0.2, 0.25) is 0 Å². The number of aliphatic hydroxyl groups excluding tert-OH is 1. The molecule has 0 saturated heterocycles. The predicted octanol–water partition coefficient (Wildman–Crippen LogP) is 3.44. The van der Waals surface area contributed by atoms with E-state index in [1.165, 1.54) is 45.1 Å². The molecule has 18 heavy (non-hydrogen) atoms. The van der Waals surface area contributed by atoms with E-state index in [9.17, 15) is 5.11 Å². The van der Waals surface area contributed by atoms with Crippen molar-refractivity contribution in [3.8, 4) is 0 Å². The molecule has 2 nitrogen and oxygen atoms in total. The molecule has 0 heterocycles. The third kappa shape index (κ3) is 3.27. The van der Waals surface area contributed by atoms with E-state index in [4.69, 9.17) is 0 Å². The van der Waals surface area contributed by atoms with Crippen LogP contribution in [0.25, 0.3) is 0 Å². The standard InChI is InChI=1S/C16H31NO/c1-12(2)9-11-17(13-7-8-13)14-6-5-10-16(3,4)15(14)18/h12-15,18H,5-11H2,1-4H3. The summed E-state index contributed by atoms with van der Waals surface area (Å²) in [5.41, 5.74) is 0.105. The lowest BCUT2D eigenvalue weighted by Gasteiger charge is -2.46. The summed E-state index contributed by atoms with van der Waals surface area (Å²) in [4.78, 5) is 2.64. The zero-order valence-electron chi connectivity index (χ0n) is 12.7. The maximum absolute atomic E-state index is 10.7. The minimum absolute atomic E-state index is 0.105. The van der Waals surface area contributed by atoms with Crippen LogP contribution in [-0.2, 0) is 0 Å². The smallest absolute Gasteiger partial charge is 0.0746 e. The molecule has 0 aromatic carbocycles. The average molecular weight is 253 g/mol. The molecule has 2 aliphatic rings. The number of nitrogens with zero attached hydrogens (tertiary/aromatic N) is 1. The lowest BCUT2D eigenvalue weighted by atomic mass is 9.72. The minimum atomic E-state index is -0.140. The van der Waals surface area contributed by atoms with Gasteiger partial charge in [0, 0.05) is 12.1 Å². The third-order valence-electron chi connectivity index (χ3n) is 4.89. The van der Waals surface area contributed by atoms with Crippen LogP contribution in [0.15, 0.2) is 0 Å². The molecule has 0 aromatic heterocycles. The first kappa shape index (κ1) is 14.3. The molecule has 0 radical (unpaired) electrons. The molecule has 0 bridgehead atoms. The summed E-state index contributed by atoms with van der Waals surface area (Å²) in [5, 5.41) is 10.7. The Hall–Kier alpha value is -0.0800. The highest BCUT2D eigenvalue weighted by Gasteiger charge is 2.44. The fourth-order valence-corrected chi connectivity index (χ4v) is 3.37. The van der Waals surface area contributed by atoms with E-state index in [-0.39, 0.29) is 11.5 Å². The molecule has 2 fully saturated rings. The van der Waals surface area contributed by atoms with Crippen molar-refractivity contribution in [3.05, 3.63) is 0 Å². The Bertz CT molecular complexity index is 270. The Labute approximate surface area is 113 Å². The van der Waals surface area contributed by atoms with Crippen LogP contribution >= 0.6 is 0 Å². The van der Waals surface area contributed by atoms with Crippen molar-refractivity contribution in [2.45, 2.75) is 84.4 Å². The van der Waals surface area contributed by atoms with Crippen LogP contribution in [0, 0.1) is 11.3 Å². The van der Waals surface area contributed by atoms with Gasteiger partial charge in [0.25, 0.3) is 0 Å². The molecule has 0 aliphatic heterocycles. The molecule has 2 atom stereocenters. The summed E-state index contributed by atoms with van der Waals surface area (Å²) >= 11 is 0. The quantitative estimate of drug-likeness (QED) is 0.811. The van der Waals surface area contributed by atoms with Crippen LogP contribution in [0.3, 0.4) is 0 Å². The first-order valence-electron chi connectivity index (χ1n) is 7.85. The van der Waals surface area contributed by atoms with Crippen molar-refractivity contribution in [3.63, 3.8) is 0 Å². The highest BCUT2D eigenvalue weighted by molar-refractivity contribution is 4.98. The van der Waals surface area contributed by atoms with Crippen LogP contribution in [-0.4, -0.2) is 34.7 Å². The molecule has 1 N–H and O–H groups in total. The Kier molecular flexibility index (Phi) is 4.38. The van der Waals surface area contributed by atoms with E-state index >= 15 is 0 Å². The molecule has 0 spiro atoms. The van der Waals surface area contributed by atoms with Gasteiger partial charge in [-0.05, 0) is 50.0 Å². The number of hydrogen-bond acceptors (Lipinski definition) is 2. The Balaban J connectivity index is 2.00. The van der Waals surface area contributed by atoms with Gasteiger partial charge in [0.1, 0.15) is 0 Å². The van der Waals surface area contributed by atoms with Gasteiger partial charge in [-0.3, -0.25) is 4.90 Å². The summed E-state index contributed by atoms with van der Waals surface area (Å²) in [7, 11) is 0. The molecule has 2 aliphatic carbocycles. The molecule has 2 saturated carbocycles. The topological polar surface area (TPSA) is 23.5 Å². The first-order chi connectivity index (χ1) is 8.42. The maximum Gasteiger partial charge on any atom is 0.0746 e. The molecule has 2 unspecified atom stereocenters. The third-order valence-corrected chi connectivity index (χ3v) is 4.89. The van der Waals surface area contributed by atoms with Gasteiger partial charge in [-0.25, -0.2) is 0 Å². The van der Waals surface area contributed by atoms with Crippen molar-refractivity contribution < 1.29 is 5.11 Å². The van der Waals surface area contributed by atoms with E-state index in [0.717, 1.165) is 12.0 Å². The van der Waals surface area contributed by atoms with Crippen molar-refractivity contribution in [1.82, 2.24) is 4.90 Å². The van der Waals surface area contributed by atoms with Crippen molar-refractivity contribution in [2.75, 3.05) is 6.54 Å². The second-order valence-corrected chi connectivity index (χ2v) is 7.54. The lowest BCUT2D eigenvalue weighted by molar-refractivity contribution is -0.0608. The molecule has 0 amide bonds. The van der Waals surface area contributed by atoms with Gasteiger partial charge in [0.2, 0.25) is 0 Å². The van der Waals surface area contributed by atoms with Crippen molar-refractivity contribution >= 4 is 0 Å². The Morgan fingerprint density at radius 1 is 1.22 bits per heavy atom. The summed E-state index contributed by atoms with van der Waals surface area (Å²) in [6, 6.07) is 1.19. The second-order valence-electron chi connectivity index (χ2n) is 7.54. The van der Waals surface area contributed by atoms with Crippen LogP contribution in [0.5, 0.6) is 0 Å². The van der Waals surface area contributed by atoms with Crippen LogP contribution < -0.4 is 0 Å². The van der Waals surface area contributed by atoms with Crippen LogP contribution in [0.4, 0.5) is 0 Å². The summed E-state index contributed by atoms with van der Waals surface area (Å²) < 4.78 is 0. The molecular weight excluding hydrogens is 222 g/mol.